The molecular weight excluding hydrogens is 190 g/mol. The zero-order valence-corrected chi connectivity index (χ0v) is 8.22. The van der Waals surface area contributed by atoms with Crippen molar-refractivity contribution in [2.45, 2.75) is 26.6 Å². The number of aromatic nitrogens is 1. The van der Waals surface area contributed by atoms with E-state index in [2.05, 4.69) is 4.98 Å². The number of ether oxygens (including phenoxy) is 1. The van der Waals surface area contributed by atoms with Gasteiger partial charge < -0.3 is 9.84 Å². The van der Waals surface area contributed by atoms with Crippen LogP contribution in [0.1, 0.15) is 29.8 Å². The van der Waals surface area contributed by atoms with E-state index in [1.807, 2.05) is 6.92 Å². The van der Waals surface area contributed by atoms with E-state index in [1.54, 1.807) is 6.92 Å². The Balaban J connectivity index is 2.69. The fourth-order valence-electron chi connectivity index (χ4n) is 1.58. The molecule has 1 aromatic rings. The Morgan fingerprint density at radius 1 is 1.62 bits per heavy atom. The Labute approximate surface area is 81.3 Å². The van der Waals surface area contributed by atoms with E-state index in [-0.39, 0.29) is 11.9 Å². The molecule has 1 atom stereocenters. The first-order chi connectivity index (χ1) is 6.11. The number of hydrogen-bond donors (Lipinski definition) is 1. The maximum atomic E-state index is 9.66. The highest BCUT2D eigenvalue weighted by Gasteiger charge is 2.27. The van der Waals surface area contributed by atoms with Crippen molar-refractivity contribution in [3.05, 3.63) is 22.0 Å². The second-order valence-corrected chi connectivity index (χ2v) is 3.54. The van der Waals surface area contributed by atoms with Gasteiger partial charge in [0.15, 0.2) is 0 Å². The molecule has 0 saturated heterocycles. The van der Waals surface area contributed by atoms with E-state index in [0.717, 1.165) is 11.1 Å². The van der Waals surface area contributed by atoms with E-state index in [4.69, 9.17) is 16.3 Å². The van der Waals surface area contributed by atoms with Gasteiger partial charge in [-0.3, -0.25) is 0 Å². The highest BCUT2D eigenvalue weighted by atomic mass is 35.5. The Bertz CT molecular complexity index is 365. The number of rotatable bonds is 0. The predicted molar refractivity (Wildman–Crippen MR) is 48.9 cm³/mol. The lowest BCUT2D eigenvalue weighted by Crippen LogP contribution is -1.95. The monoisotopic (exact) mass is 199 g/mol. The molecule has 13 heavy (non-hydrogen) atoms. The minimum Gasteiger partial charge on any atom is -0.506 e. The molecule has 2 rings (SSSR count). The summed E-state index contributed by atoms with van der Waals surface area (Å²) < 4.78 is 5.36. The topological polar surface area (TPSA) is 42.4 Å². The normalized spacial score (nSPS) is 20.4. The first kappa shape index (κ1) is 8.78. The van der Waals surface area contributed by atoms with Crippen LogP contribution in [0, 0.1) is 6.92 Å². The van der Waals surface area contributed by atoms with Gasteiger partial charge in [-0.25, -0.2) is 4.98 Å². The van der Waals surface area contributed by atoms with Crippen LogP contribution in [-0.4, -0.2) is 10.1 Å². The molecule has 1 aliphatic rings. The molecule has 0 aromatic carbocycles. The Hall–Kier alpha value is -0.800. The van der Waals surface area contributed by atoms with Crippen molar-refractivity contribution < 1.29 is 9.84 Å². The largest absolute Gasteiger partial charge is 0.506 e. The summed E-state index contributed by atoms with van der Waals surface area (Å²) in [5, 5.41) is 10.1. The van der Waals surface area contributed by atoms with Crippen LogP contribution in [0.4, 0.5) is 0 Å². The average Bonchev–Trinajstić information content (AvgIpc) is 2.44. The van der Waals surface area contributed by atoms with Gasteiger partial charge >= 0.3 is 0 Å². The molecule has 0 radical (unpaired) electrons. The summed E-state index contributed by atoms with van der Waals surface area (Å²) in [6, 6.07) is 0. The summed E-state index contributed by atoms with van der Waals surface area (Å²) in [6.07, 6.45) is -0.0681. The van der Waals surface area contributed by atoms with Crippen LogP contribution < -0.4 is 0 Å². The van der Waals surface area contributed by atoms with E-state index < -0.39 is 0 Å². The van der Waals surface area contributed by atoms with Crippen LogP contribution in [0.25, 0.3) is 0 Å². The van der Waals surface area contributed by atoms with Crippen LogP contribution in [0.2, 0.25) is 5.15 Å². The summed E-state index contributed by atoms with van der Waals surface area (Å²) in [5.41, 5.74) is 2.16. The number of hydrogen-bond acceptors (Lipinski definition) is 3. The average molecular weight is 200 g/mol. The van der Waals surface area contributed by atoms with Crippen LogP contribution in [0.3, 0.4) is 0 Å². The third-order valence-corrected chi connectivity index (χ3v) is 2.61. The number of aryl methyl sites for hydroxylation is 1. The van der Waals surface area contributed by atoms with Gasteiger partial charge in [0.05, 0.1) is 18.4 Å². The zero-order chi connectivity index (χ0) is 9.59. The van der Waals surface area contributed by atoms with Gasteiger partial charge in [-0.1, -0.05) is 11.6 Å². The minimum absolute atomic E-state index is 0.0681. The molecule has 1 unspecified atom stereocenters. The lowest BCUT2D eigenvalue weighted by molar-refractivity contribution is 0.0790. The van der Waals surface area contributed by atoms with Crippen molar-refractivity contribution in [3.63, 3.8) is 0 Å². The molecule has 1 aliphatic heterocycles. The fourth-order valence-corrected chi connectivity index (χ4v) is 1.98. The summed E-state index contributed by atoms with van der Waals surface area (Å²) in [6.45, 7) is 4.05. The molecule has 3 nitrogen and oxygen atoms in total. The van der Waals surface area contributed by atoms with Crippen LogP contribution in [0.15, 0.2) is 0 Å². The van der Waals surface area contributed by atoms with Gasteiger partial charge in [-0.2, -0.15) is 0 Å². The molecule has 0 amide bonds. The van der Waals surface area contributed by atoms with Crippen LogP contribution >= 0.6 is 11.6 Å². The van der Waals surface area contributed by atoms with Gasteiger partial charge in [0.2, 0.25) is 0 Å². The van der Waals surface area contributed by atoms with Crippen molar-refractivity contribution in [2.75, 3.05) is 0 Å². The molecule has 1 N–H and O–H groups in total. The van der Waals surface area contributed by atoms with Gasteiger partial charge in [-0.15, -0.1) is 0 Å². The molecule has 0 bridgehead atoms. The highest BCUT2D eigenvalue weighted by molar-refractivity contribution is 6.30. The first-order valence-electron chi connectivity index (χ1n) is 4.10. The van der Waals surface area contributed by atoms with Gasteiger partial charge in [0.25, 0.3) is 0 Å². The third kappa shape index (κ3) is 1.19. The second-order valence-electron chi connectivity index (χ2n) is 3.18. The molecule has 0 spiro atoms. The van der Waals surface area contributed by atoms with Crippen LogP contribution in [0.5, 0.6) is 5.75 Å². The number of aromatic hydroxyl groups is 1. The Morgan fingerprint density at radius 3 is 3.00 bits per heavy atom. The summed E-state index contributed by atoms with van der Waals surface area (Å²) in [4.78, 5) is 4.03. The van der Waals surface area contributed by atoms with E-state index in [1.165, 1.54) is 0 Å². The van der Waals surface area contributed by atoms with Crippen molar-refractivity contribution in [3.8, 4) is 5.75 Å². The molecular formula is C9H10ClNO2. The maximum Gasteiger partial charge on any atom is 0.142 e. The molecule has 70 valence electrons. The summed E-state index contributed by atoms with van der Waals surface area (Å²) in [7, 11) is 0. The predicted octanol–water partition coefficient (Wildman–Crippen LogP) is 2.34. The zero-order valence-electron chi connectivity index (χ0n) is 7.47. The van der Waals surface area contributed by atoms with Crippen molar-refractivity contribution in [1.29, 1.82) is 0 Å². The van der Waals surface area contributed by atoms with Crippen molar-refractivity contribution >= 4 is 11.6 Å². The van der Waals surface area contributed by atoms with Crippen LogP contribution in [-0.2, 0) is 11.3 Å². The molecule has 0 aliphatic carbocycles. The Morgan fingerprint density at radius 2 is 2.31 bits per heavy atom. The maximum absolute atomic E-state index is 9.66. The number of halogens is 1. The number of nitrogens with zero attached hydrogens (tertiary/aromatic N) is 1. The number of fused-ring (bicyclic) bond motifs is 1. The number of pyridine rings is 1. The smallest absolute Gasteiger partial charge is 0.142 e. The molecule has 2 heterocycles. The highest BCUT2D eigenvalue weighted by Crippen LogP contribution is 2.40. The minimum atomic E-state index is -0.0681. The molecule has 1 aromatic heterocycles. The first-order valence-corrected chi connectivity index (χ1v) is 4.48. The second kappa shape index (κ2) is 2.86. The van der Waals surface area contributed by atoms with Gasteiger partial charge in [0.1, 0.15) is 10.9 Å². The molecule has 0 saturated carbocycles. The van der Waals surface area contributed by atoms with E-state index in [9.17, 15) is 5.11 Å². The summed E-state index contributed by atoms with van der Waals surface area (Å²) >= 11 is 5.94. The van der Waals surface area contributed by atoms with Crippen molar-refractivity contribution in [1.82, 2.24) is 4.98 Å². The third-order valence-electron chi connectivity index (χ3n) is 2.33. The van der Waals surface area contributed by atoms with Gasteiger partial charge in [0, 0.05) is 11.1 Å². The lowest BCUT2D eigenvalue weighted by Gasteiger charge is -2.07. The van der Waals surface area contributed by atoms with Crippen molar-refractivity contribution in [2.24, 2.45) is 0 Å². The molecule has 0 fully saturated rings. The van der Waals surface area contributed by atoms with E-state index in [0.29, 0.717) is 17.5 Å². The molecule has 4 heteroatoms. The lowest BCUT2D eigenvalue weighted by atomic mass is 10.1. The fraction of sp³-hybridized carbons (Fsp3) is 0.444. The quantitative estimate of drug-likeness (QED) is 0.653. The standard InChI is InChI=1S/C9H10ClNO2/c1-4-8(12)6-3-13-5(2)7(6)9(10)11-4/h5,12H,3H2,1-2H3. The van der Waals surface area contributed by atoms with E-state index >= 15 is 0 Å². The van der Waals surface area contributed by atoms with Gasteiger partial charge in [-0.05, 0) is 13.8 Å². The SMILES string of the molecule is Cc1nc(Cl)c2c(c1O)COC2C. The Kier molecular flexibility index (Phi) is 1.93. The summed E-state index contributed by atoms with van der Waals surface area (Å²) in [5.74, 6) is 0.212.